The van der Waals surface area contributed by atoms with Crippen LogP contribution in [0.2, 0.25) is 0 Å². The van der Waals surface area contributed by atoms with Crippen LogP contribution in [0.3, 0.4) is 0 Å². The lowest BCUT2D eigenvalue weighted by molar-refractivity contribution is -0.132. The normalized spacial score (nSPS) is 35.1. The van der Waals surface area contributed by atoms with Gasteiger partial charge in [-0.25, -0.2) is 0 Å². The van der Waals surface area contributed by atoms with Crippen molar-refractivity contribution in [2.45, 2.75) is 31.7 Å². The van der Waals surface area contributed by atoms with E-state index in [0.717, 1.165) is 19.4 Å². The summed E-state index contributed by atoms with van der Waals surface area (Å²) in [5, 5.41) is 6.29. The smallest absolute Gasteiger partial charge is 0.240 e. The predicted molar refractivity (Wildman–Crippen MR) is 64.8 cm³/mol. The Morgan fingerprint density at radius 1 is 1.50 bits per heavy atom. The molecule has 0 unspecified atom stereocenters. The van der Waals surface area contributed by atoms with Gasteiger partial charge in [-0.15, -0.1) is 12.4 Å². The van der Waals surface area contributed by atoms with E-state index in [0.29, 0.717) is 18.6 Å². The highest BCUT2D eigenvalue weighted by atomic mass is 35.5. The number of carbonyl (C=O) groups excluding carboxylic acids is 1. The summed E-state index contributed by atoms with van der Waals surface area (Å²) in [6.45, 7) is 4.40. The van der Waals surface area contributed by atoms with Crippen molar-refractivity contribution in [3.05, 3.63) is 0 Å². The van der Waals surface area contributed by atoms with Crippen molar-refractivity contribution >= 4 is 18.3 Å². The zero-order valence-corrected chi connectivity index (χ0v) is 10.8. The van der Waals surface area contributed by atoms with E-state index in [4.69, 9.17) is 4.74 Å². The summed E-state index contributed by atoms with van der Waals surface area (Å²) in [6, 6.07) is 0. The second-order valence-electron chi connectivity index (χ2n) is 4.89. The van der Waals surface area contributed by atoms with Gasteiger partial charge in [-0.2, -0.15) is 0 Å². The van der Waals surface area contributed by atoms with Crippen LogP contribution in [-0.2, 0) is 9.53 Å². The Kier molecular flexibility index (Phi) is 4.21. The molecule has 0 atom stereocenters. The van der Waals surface area contributed by atoms with Crippen molar-refractivity contribution in [1.29, 1.82) is 0 Å². The van der Waals surface area contributed by atoms with Gasteiger partial charge < -0.3 is 15.4 Å². The van der Waals surface area contributed by atoms with E-state index in [1.165, 1.54) is 6.42 Å². The van der Waals surface area contributed by atoms with Crippen LogP contribution in [-0.4, -0.2) is 38.3 Å². The van der Waals surface area contributed by atoms with Crippen LogP contribution in [0.5, 0.6) is 0 Å². The van der Waals surface area contributed by atoms with E-state index in [9.17, 15) is 4.79 Å². The second-order valence-corrected chi connectivity index (χ2v) is 4.89. The van der Waals surface area contributed by atoms with Gasteiger partial charge in [0.2, 0.25) is 5.91 Å². The summed E-state index contributed by atoms with van der Waals surface area (Å²) in [7, 11) is 1.64. The molecular formula is C11H21ClN2O2. The molecule has 0 spiro atoms. The summed E-state index contributed by atoms with van der Waals surface area (Å²) in [5.74, 6) is 0.154. The number of ether oxygens (including phenoxy) is 1. The lowest BCUT2D eigenvalue weighted by Gasteiger charge is -2.44. The molecule has 5 heteroatoms. The predicted octanol–water partition coefficient (Wildman–Crippen LogP) is 0.703. The average molecular weight is 249 g/mol. The largest absolute Gasteiger partial charge is 0.383 e. The van der Waals surface area contributed by atoms with Gasteiger partial charge in [0.1, 0.15) is 0 Å². The Bertz CT molecular complexity index is 265. The molecule has 2 aliphatic heterocycles. The Morgan fingerprint density at radius 2 is 2.19 bits per heavy atom. The van der Waals surface area contributed by atoms with E-state index in [1.807, 2.05) is 0 Å². The Morgan fingerprint density at radius 3 is 2.69 bits per heavy atom. The molecule has 16 heavy (non-hydrogen) atoms. The molecule has 0 radical (unpaired) electrons. The first-order valence-electron chi connectivity index (χ1n) is 5.69. The maximum absolute atomic E-state index is 11.9. The molecule has 1 aliphatic carbocycles. The van der Waals surface area contributed by atoms with Crippen LogP contribution in [0.1, 0.15) is 26.2 Å². The summed E-state index contributed by atoms with van der Waals surface area (Å²) < 4.78 is 4.91. The maximum Gasteiger partial charge on any atom is 0.240 e. The third-order valence-corrected chi connectivity index (χ3v) is 3.93. The van der Waals surface area contributed by atoms with Gasteiger partial charge in [0.05, 0.1) is 12.1 Å². The lowest BCUT2D eigenvalue weighted by Crippen LogP contribution is -2.58. The number of rotatable bonds is 5. The molecule has 2 saturated heterocycles. The number of amides is 1. The van der Waals surface area contributed by atoms with E-state index < -0.39 is 0 Å². The van der Waals surface area contributed by atoms with E-state index in [2.05, 4.69) is 17.6 Å². The summed E-state index contributed by atoms with van der Waals surface area (Å²) >= 11 is 0. The van der Waals surface area contributed by atoms with Crippen molar-refractivity contribution < 1.29 is 9.53 Å². The molecule has 94 valence electrons. The standard InChI is InChI=1S/C11H20N2O2.ClH/c1-3-10-6-11(7-10,13-8-10)9(14)12-4-5-15-2;/h13H,3-8H2,1-2H3,(H,12,14);1H. The molecule has 0 aromatic rings. The number of fused-ring (bicyclic) bond motifs is 1. The third-order valence-electron chi connectivity index (χ3n) is 3.93. The van der Waals surface area contributed by atoms with Gasteiger partial charge in [0.25, 0.3) is 0 Å². The summed E-state index contributed by atoms with van der Waals surface area (Å²) in [5.41, 5.74) is 0.169. The van der Waals surface area contributed by atoms with Crippen LogP contribution in [0, 0.1) is 5.41 Å². The van der Waals surface area contributed by atoms with Crippen LogP contribution in [0.15, 0.2) is 0 Å². The van der Waals surface area contributed by atoms with Gasteiger partial charge in [-0.05, 0) is 24.7 Å². The molecule has 2 heterocycles. The van der Waals surface area contributed by atoms with Gasteiger partial charge in [0, 0.05) is 20.2 Å². The van der Waals surface area contributed by atoms with Gasteiger partial charge in [-0.3, -0.25) is 4.79 Å². The Balaban J connectivity index is 0.00000128. The lowest BCUT2D eigenvalue weighted by atomic mass is 9.60. The fraction of sp³-hybridized carbons (Fsp3) is 0.909. The second kappa shape index (κ2) is 4.90. The molecule has 0 aromatic carbocycles. The first-order chi connectivity index (χ1) is 7.16. The number of hydrogen-bond donors (Lipinski definition) is 2. The molecule has 3 fully saturated rings. The number of nitrogens with one attached hydrogen (secondary N) is 2. The van der Waals surface area contributed by atoms with Crippen LogP contribution in [0.25, 0.3) is 0 Å². The quantitative estimate of drug-likeness (QED) is 0.705. The van der Waals surface area contributed by atoms with Crippen LogP contribution in [0.4, 0.5) is 0 Å². The molecule has 1 saturated carbocycles. The average Bonchev–Trinajstić information content (AvgIpc) is 2.73. The molecule has 4 nitrogen and oxygen atoms in total. The fourth-order valence-electron chi connectivity index (χ4n) is 2.89. The van der Waals surface area contributed by atoms with Gasteiger partial charge in [-0.1, -0.05) is 6.92 Å². The molecule has 3 rings (SSSR count). The highest BCUT2D eigenvalue weighted by molar-refractivity contribution is 5.88. The number of carbonyl (C=O) groups is 1. The fourth-order valence-corrected chi connectivity index (χ4v) is 2.89. The zero-order chi connectivity index (χ0) is 10.9. The van der Waals surface area contributed by atoms with Crippen LogP contribution < -0.4 is 10.6 Å². The van der Waals surface area contributed by atoms with Crippen molar-refractivity contribution in [3.8, 4) is 0 Å². The Hall–Kier alpha value is -0.320. The van der Waals surface area contributed by atoms with Gasteiger partial charge >= 0.3 is 0 Å². The minimum atomic E-state index is -0.246. The minimum absolute atomic E-state index is 0. The molecule has 0 aromatic heterocycles. The molecular weight excluding hydrogens is 228 g/mol. The van der Waals surface area contributed by atoms with Crippen molar-refractivity contribution in [2.24, 2.45) is 5.41 Å². The summed E-state index contributed by atoms with van der Waals surface area (Å²) in [4.78, 5) is 11.9. The SMILES string of the molecule is CCC12CNC(C(=O)NCCOC)(C1)C2.Cl. The van der Waals surface area contributed by atoms with Gasteiger partial charge in [0.15, 0.2) is 0 Å². The number of hydrogen-bond acceptors (Lipinski definition) is 3. The van der Waals surface area contributed by atoms with Crippen LogP contribution >= 0.6 is 12.4 Å². The zero-order valence-electron chi connectivity index (χ0n) is 9.97. The van der Waals surface area contributed by atoms with E-state index in [-0.39, 0.29) is 23.9 Å². The highest BCUT2D eigenvalue weighted by Gasteiger charge is 2.63. The monoisotopic (exact) mass is 248 g/mol. The molecule has 1 amide bonds. The topological polar surface area (TPSA) is 50.4 Å². The molecule has 2 bridgehead atoms. The van der Waals surface area contributed by atoms with Crippen molar-refractivity contribution in [2.75, 3.05) is 26.8 Å². The number of halogens is 1. The maximum atomic E-state index is 11.9. The highest BCUT2D eigenvalue weighted by Crippen LogP contribution is 2.55. The summed E-state index contributed by atoms with van der Waals surface area (Å²) in [6.07, 6.45) is 3.19. The van der Waals surface area contributed by atoms with E-state index in [1.54, 1.807) is 7.11 Å². The molecule has 3 aliphatic rings. The Labute approximate surface area is 103 Å². The van der Waals surface area contributed by atoms with E-state index >= 15 is 0 Å². The first-order valence-corrected chi connectivity index (χ1v) is 5.69. The minimum Gasteiger partial charge on any atom is -0.383 e. The van der Waals surface area contributed by atoms with Crippen molar-refractivity contribution in [1.82, 2.24) is 10.6 Å². The third kappa shape index (κ3) is 2.06. The van der Waals surface area contributed by atoms with Crippen molar-refractivity contribution in [3.63, 3.8) is 0 Å². The molecule has 2 N–H and O–H groups in total. The number of methoxy groups -OCH3 is 1. The first kappa shape index (κ1) is 13.7.